The van der Waals surface area contributed by atoms with Crippen LogP contribution in [0.4, 0.5) is 11.4 Å². The van der Waals surface area contributed by atoms with Gasteiger partial charge in [-0.15, -0.1) is 0 Å². The van der Waals surface area contributed by atoms with Gasteiger partial charge in [-0.2, -0.15) is 0 Å². The number of piperazine rings is 1. The van der Waals surface area contributed by atoms with E-state index in [-0.39, 0.29) is 18.4 Å². The van der Waals surface area contributed by atoms with Gasteiger partial charge in [-0.05, 0) is 55.3 Å². The fourth-order valence-electron chi connectivity index (χ4n) is 4.15. The summed E-state index contributed by atoms with van der Waals surface area (Å²) in [6.45, 7) is 6.47. The van der Waals surface area contributed by atoms with Crippen LogP contribution in [0.3, 0.4) is 0 Å². The van der Waals surface area contributed by atoms with Crippen LogP contribution in [0.1, 0.15) is 16.7 Å². The molecule has 3 aromatic rings. The highest BCUT2D eigenvalue weighted by molar-refractivity contribution is 6.33. The average Bonchev–Trinajstić information content (AvgIpc) is 2.87. The van der Waals surface area contributed by atoms with Crippen molar-refractivity contribution < 1.29 is 14.3 Å². The van der Waals surface area contributed by atoms with Crippen molar-refractivity contribution in [3.8, 4) is 5.75 Å². The monoisotopic (exact) mass is 503 g/mol. The third-order valence-electron chi connectivity index (χ3n) is 6.07. The lowest BCUT2D eigenvalue weighted by molar-refractivity contribution is -0.126. The number of benzene rings is 3. The molecule has 0 radical (unpaired) electrons. The van der Waals surface area contributed by atoms with Gasteiger partial charge in [0, 0.05) is 37.9 Å². The number of ether oxygens (including phenoxy) is 1. The van der Waals surface area contributed by atoms with Gasteiger partial charge < -0.3 is 19.9 Å². The second-order valence-corrected chi connectivity index (χ2v) is 9.24. The van der Waals surface area contributed by atoms with Crippen molar-refractivity contribution in [2.75, 3.05) is 43.0 Å². The summed E-state index contributed by atoms with van der Waals surface area (Å²) in [4.78, 5) is 28.9. The normalized spacial score (nSPS) is 13.6. The molecule has 0 aromatic heterocycles. The minimum absolute atomic E-state index is 0.00529. The van der Waals surface area contributed by atoms with E-state index in [4.69, 9.17) is 16.3 Å². The van der Waals surface area contributed by atoms with Crippen LogP contribution in [0.15, 0.2) is 72.8 Å². The van der Waals surface area contributed by atoms with Gasteiger partial charge in [0.25, 0.3) is 5.91 Å². The lowest BCUT2D eigenvalue weighted by atomic mass is 10.1. The molecular weight excluding hydrogens is 474 g/mol. The van der Waals surface area contributed by atoms with Gasteiger partial charge in [0.1, 0.15) is 5.75 Å². The van der Waals surface area contributed by atoms with Crippen LogP contribution >= 0.6 is 11.6 Å². The van der Waals surface area contributed by atoms with E-state index in [0.29, 0.717) is 42.6 Å². The first-order chi connectivity index (χ1) is 17.4. The van der Waals surface area contributed by atoms with Gasteiger partial charge in [-0.25, -0.2) is 0 Å². The van der Waals surface area contributed by atoms with Crippen LogP contribution in [-0.2, 0) is 9.59 Å². The first-order valence-corrected chi connectivity index (χ1v) is 12.3. The van der Waals surface area contributed by atoms with Crippen molar-refractivity contribution in [2.45, 2.75) is 13.8 Å². The molecule has 0 spiro atoms. The largest absolute Gasteiger partial charge is 0.483 e. The summed E-state index contributed by atoms with van der Waals surface area (Å²) in [7, 11) is 0. The van der Waals surface area contributed by atoms with Gasteiger partial charge >= 0.3 is 0 Å². The maximum Gasteiger partial charge on any atom is 0.262 e. The molecule has 3 aromatic carbocycles. The lowest BCUT2D eigenvalue weighted by Crippen LogP contribution is -2.48. The fraction of sp³-hybridized carbons (Fsp3) is 0.241. The molecule has 1 aliphatic heterocycles. The maximum atomic E-state index is 12.6. The van der Waals surface area contributed by atoms with Crippen molar-refractivity contribution in [3.05, 3.63) is 94.5 Å². The van der Waals surface area contributed by atoms with Gasteiger partial charge in [0.15, 0.2) is 6.61 Å². The number of nitrogens with zero attached hydrogens (tertiary/aromatic N) is 2. The highest BCUT2D eigenvalue weighted by atomic mass is 35.5. The first-order valence-electron chi connectivity index (χ1n) is 12.0. The topological polar surface area (TPSA) is 61.9 Å². The lowest BCUT2D eigenvalue weighted by Gasteiger charge is -2.36. The molecule has 0 atom stereocenters. The van der Waals surface area contributed by atoms with Crippen molar-refractivity contribution in [1.82, 2.24) is 4.90 Å². The number of anilines is 2. The number of nitrogens with one attached hydrogen (secondary N) is 1. The van der Waals surface area contributed by atoms with Crippen LogP contribution < -0.4 is 15.0 Å². The molecule has 0 unspecified atom stereocenters. The molecule has 1 heterocycles. The number of hydrogen-bond acceptors (Lipinski definition) is 4. The number of amides is 2. The van der Waals surface area contributed by atoms with E-state index in [2.05, 4.69) is 10.2 Å². The summed E-state index contributed by atoms with van der Waals surface area (Å²) in [6.07, 6.45) is 3.46. The molecule has 1 saturated heterocycles. The second-order valence-electron chi connectivity index (χ2n) is 8.83. The predicted octanol–water partition coefficient (Wildman–Crippen LogP) is 5.34. The zero-order chi connectivity index (χ0) is 25.5. The molecule has 1 N–H and O–H groups in total. The fourth-order valence-corrected chi connectivity index (χ4v) is 4.45. The molecule has 6 nitrogen and oxygen atoms in total. The Balaban J connectivity index is 1.28. The minimum Gasteiger partial charge on any atom is -0.483 e. The van der Waals surface area contributed by atoms with Crippen molar-refractivity contribution in [2.24, 2.45) is 0 Å². The predicted molar refractivity (Wildman–Crippen MR) is 146 cm³/mol. The van der Waals surface area contributed by atoms with Gasteiger partial charge in [-0.1, -0.05) is 59.6 Å². The molecule has 36 heavy (non-hydrogen) atoms. The molecule has 186 valence electrons. The number of rotatable bonds is 7. The third kappa shape index (κ3) is 6.67. The summed E-state index contributed by atoms with van der Waals surface area (Å²) in [5, 5.41) is 3.38. The van der Waals surface area contributed by atoms with Gasteiger partial charge in [0.2, 0.25) is 5.91 Å². The van der Waals surface area contributed by atoms with Crippen molar-refractivity contribution in [1.29, 1.82) is 0 Å². The Morgan fingerprint density at radius 1 is 0.972 bits per heavy atom. The van der Waals surface area contributed by atoms with E-state index in [1.165, 1.54) is 0 Å². The van der Waals surface area contributed by atoms with E-state index in [1.54, 1.807) is 12.1 Å². The van der Waals surface area contributed by atoms with Gasteiger partial charge in [0.05, 0.1) is 10.7 Å². The summed E-state index contributed by atoms with van der Waals surface area (Å²) in [5.74, 6) is 0.442. The smallest absolute Gasteiger partial charge is 0.262 e. The van der Waals surface area contributed by atoms with Crippen molar-refractivity contribution in [3.63, 3.8) is 0 Å². The standard InChI is InChI=1S/C29H30ClN3O3/c1-21-8-12-27(22(2)18-21)36-20-28(34)31-24-10-11-26(25(30)19-24)32-14-16-33(17-15-32)29(35)13-9-23-6-4-3-5-7-23/h3-13,18-19H,14-17,20H2,1-2H3,(H,31,34)/b13-9+. The number of halogens is 1. The summed E-state index contributed by atoms with van der Waals surface area (Å²) in [6, 6.07) is 21.1. The minimum atomic E-state index is -0.255. The first kappa shape index (κ1) is 25.3. The van der Waals surface area contributed by atoms with Crippen LogP contribution in [-0.4, -0.2) is 49.5 Å². The SMILES string of the molecule is Cc1ccc(OCC(=O)Nc2ccc(N3CCN(C(=O)/C=C/c4ccccc4)CC3)c(Cl)c2)c(C)c1. The molecule has 1 fully saturated rings. The van der Waals surface area contributed by atoms with Crippen molar-refractivity contribution >= 4 is 40.9 Å². The zero-order valence-corrected chi connectivity index (χ0v) is 21.3. The third-order valence-corrected chi connectivity index (χ3v) is 6.37. The van der Waals surface area contributed by atoms with Crippen LogP contribution in [0, 0.1) is 13.8 Å². The second kappa shape index (κ2) is 11.8. The van der Waals surface area contributed by atoms with Crippen LogP contribution in [0.5, 0.6) is 5.75 Å². The summed E-state index contributed by atoms with van der Waals surface area (Å²) in [5.41, 5.74) is 4.63. The van der Waals surface area contributed by atoms with E-state index < -0.39 is 0 Å². The molecule has 7 heteroatoms. The molecular formula is C29H30ClN3O3. The number of carbonyl (C=O) groups is 2. The summed E-state index contributed by atoms with van der Waals surface area (Å²) >= 11 is 6.56. The number of aryl methyl sites for hydroxylation is 2. The Morgan fingerprint density at radius 3 is 2.42 bits per heavy atom. The van der Waals surface area contributed by atoms with Crippen LogP contribution in [0.25, 0.3) is 6.08 Å². The zero-order valence-electron chi connectivity index (χ0n) is 20.5. The quantitative estimate of drug-likeness (QED) is 0.442. The highest BCUT2D eigenvalue weighted by Crippen LogP contribution is 2.30. The number of carbonyl (C=O) groups excluding carboxylic acids is 2. The molecule has 2 amide bonds. The Morgan fingerprint density at radius 2 is 1.72 bits per heavy atom. The molecule has 0 saturated carbocycles. The van der Waals surface area contributed by atoms with Crippen LogP contribution in [0.2, 0.25) is 5.02 Å². The number of hydrogen-bond donors (Lipinski definition) is 1. The van der Waals surface area contributed by atoms with E-state index in [1.807, 2.05) is 85.5 Å². The maximum absolute atomic E-state index is 12.6. The molecule has 0 aliphatic carbocycles. The summed E-state index contributed by atoms with van der Waals surface area (Å²) < 4.78 is 5.66. The highest BCUT2D eigenvalue weighted by Gasteiger charge is 2.21. The van der Waals surface area contributed by atoms with E-state index in [0.717, 1.165) is 22.4 Å². The van der Waals surface area contributed by atoms with E-state index in [9.17, 15) is 9.59 Å². The van der Waals surface area contributed by atoms with E-state index >= 15 is 0 Å². The molecule has 0 bridgehead atoms. The average molecular weight is 504 g/mol. The molecule has 1 aliphatic rings. The Kier molecular flexibility index (Phi) is 8.28. The Hall–Kier alpha value is -3.77. The van der Waals surface area contributed by atoms with Gasteiger partial charge in [-0.3, -0.25) is 9.59 Å². The Bertz CT molecular complexity index is 1250. The Labute approximate surface area is 217 Å². The molecule has 4 rings (SSSR count).